The van der Waals surface area contributed by atoms with Crippen LogP contribution < -0.4 is 0 Å². The van der Waals surface area contributed by atoms with E-state index in [0.29, 0.717) is 6.20 Å². The average Bonchev–Trinajstić information content (AvgIpc) is 1.93. The first-order valence-electron chi connectivity index (χ1n) is 2.94. The number of rotatable bonds is 1. The second-order valence-electron chi connectivity index (χ2n) is 2.17. The fraction of sp³-hybridized carbons (Fsp3) is 0.200. The molecule has 68 valence electrons. The Hall–Kier alpha value is -0.430. The maximum atomic E-state index is 13.3. The summed E-state index contributed by atoms with van der Waals surface area (Å²) in [5.41, 5.74) is -1.45. The highest BCUT2D eigenvalue weighted by Gasteiger charge is 2.48. The van der Waals surface area contributed by atoms with E-state index in [1.54, 1.807) is 0 Å². The zero-order valence-corrected chi connectivity index (χ0v) is 7.33. The van der Waals surface area contributed by atoms with Gasteiger partial charge in [0.1, 0.15) is 0 Å². The van der Waals surface area contributed by atoms with Crippen LogP contribution in [0.5, 0.6) is 0 Å². The van der Waals surface area contributed by atoms with Crippen LogP contribution in [0.4, 0.5) is 4.48 Å². The van der Waals surface area contributed by atoms with Gasteiger partial charge in [0.15, 0.2) is 6.20 Å². The summed E-state index contributed by atoms with van der Waals surface area (Å²) in [7, 11) is -4.87. The van der Waals surface area contributed by atoms with E-state index >= 15 is 0 Å². The predicted molar refractivity (Wildman–Crippen MR) is 40.8 cm³/mol. The zero-order chi connectivity index (χ0) is 9.41. The number of halogens is 2. The largest absolute Gasteiger partial charge is 0.476 e. The van der Waals surface area contributed by atoms with Crippen molar-refractivity contribution in [1.82, 2.24) is 0 Å². The fourth-order valence-electron chi connectivity index (χ4n) is 0.727. The lowest BCUT2D eigenvalue weighted by atomic mass is 10.4. The van der Waals surface area contributed by atoms with Crippen molar-refractivity contribution in [2.24, 2.45) is 0 Å². The Balaban J connectivity index is 3.16. The van der Waals surface area contributed by atoms with Crippen molar-refractivity contribution in [3.8, 4) is 0 Å². The third-order valence-corrected chi connectivity index (χ3v) is 2.96. The minimum Gasteiger partial charge on any atom is -0.238 e. The molecule has 7 heteroatoms. The van der Waals surface area contributed by atoms with Crippen LogP contribution in [0.15, 0.2) is 24.4 Å². The standard InChI is InChI=1S/C5H5ClFNO3S/c6-5-3-1-2-4-8(5,7)12(9,10)11/h1-5H/p+1. The van der Waals surface area contributed by atoms with Crippen molar-refractivity contribution in [2.75, 3.05) is 0 Å². The highest BCUT2D eigenvalue weighted by atomic mass is 35.5. The normalized spacial score (nSPS) is 35.4. The summed E-state index contributed by atoms with van der Waals surface area (Å²) in [6.07, 6.45) is 4.30. The number of alkyl halides is 1. The summed E-state index contributed by atoms with van der Waals surface area (Å²) in [5, 5.41) is 0. The minimum atomic E-state index is -4.87. The van der Waals surface area contributed by atoms with Crippen molar-refractivity contribution in [3.63, 3.8) is 0 Å². The number of quaternary nitrogens is 1. The van der Waals surface area contributed by atoms with Gasteiger partial charge in [0, 0.05) is 8.59 Å². The lowest BCUT2D eigenvalue weighted by molar-refractivity contribution is -0.913. The Morgan fingerprint density at radius 2 is 2.08 bits per heavy atom. The van der Waals surface area contributed by atoms with Gasteiger partial charge in [0.2, 0.25) is 5.50 Å². The SMILES string of the molecule is O=S(=O)(O)[N+]1(F)C=CC=CC1Cl. The molecule has 0 aromatic carbocycles. The summed E-state index contributed by atoms with van der Waals surface area (Å²) in [6.45, 7) is 0. The van der Waals surface area contributed by atoms with Crippen LogP contribution in [0, 0.1) is 0 Å². The van der Waals surface area contributed by atoms with E-state index in [1.807, 2.05) is 0 Å². The third kappa shape index (κ3) is 1.38. The summed E-state index contributed by atoms with van der Waals surface area (Å²) in [4.78, 5) is 0. The summed E-state index contributed by atoms with van der Waals surface area (Å²) in [6, 6.07) is 0. The van der Waals surface area contributed by atoms with Crippen molar-refractivity contribution in [1.29, 1.82) is 0 Å². The van der Waals surface area contributed by atoms with Gasteiger partial charge in [-0.15, -0.1) is 8.42 Å². The Labute approximate surface area is 74.0 Å². The number of hydrogen-bond acceptors (Lipinski definition) is 2. The molecule has 0 radical (unpaired) electrons. The van der Waals surface area contributed by atoms with Gasteiger partial charge in [0.05, 0.1) is 0 Å². The van der Waals surface area contributed by atoms with Crippen LogP contribution in [0.2, 0.25) is 0 Å². The van der Waals surface area contributed by atoms with Crippen molar-refractivity contribution >= 4 is 21.9 Å². The van der Waals surface area contributed by atoms with Crippen LogP contribution in [0.25, 0.3) is 0 Å². The highest BCUT2D eigenvalue weighted by Crippen LogP contribution is 2.28. The van der Waals surface area contributed by atoms with Gasteiger partial charge in [-0.2, -0.15) is 0 Å². The van der Waals surface area contributed by atoms with Crippen molar-refractivity contribution in [3.05, 3.63) is 24.4 Å². The number of hydrogen-bond donors (Lipinski definition) is 1. The monoisotopic (exact) mass is 214 g/mol. The van der Waals surface area contributed by atoms with Crippen LogP contribution in [-0.2, 0) is 10.3 Å². The Kier molecular flexibility index (Phi) is 2.26. The van der Waals surface area contributed by atoms with E-state index in [-0.39, 0.29) is 0 Å². The molecule has 0 aromatic rings. The Morgan fingerprint density at radius 3 is 2.42 bits per heavy atom. The molecule has 2 atom stereocenters. The van der Waals surface area contributed by atoms with Crippen LogP contribution in [0.1, 0.15) is 0 Å². The molecule has 2 unspecified atom stereocenters. The summed E-state index contributed by atoms with van der Waals surface area (Å²) < 4.78 is 40.6. The van der Waals surface area contributed by atoms with Crippen molar-refractivity contribution in [2.45, 2.75) is 5.50 Å². The Morgan fingerprint density at radius 1 is 1.50 bits per heavy atom. The maximum Gasteiger partial charge on any atom is 0.476 e. The first kappa shape index (κ1) is 9.66. The molecule has 1 heterocycles. The molecular formula is C5H6ClFNO3S+. The van der Waals surface area contributed by atoms with Crippen LogP contribution in [-0.4, -0.2) is 22.6 Å². The second-order valence-corrected chi connectivity index (χ2v) is 4.07. The van der Waals surface area contributed by atoms with Gasteiger partial charge in [-0.1, -0.05) is 6.08 Å². The first-order chi connectivity index (χ1) is 5.38. The van der Waals surface area contributed by atoms with Gasteiger partial charge in [0.25, 0.3) is 0 Å². The average molecular weight is 215 g/mol. The maximum absolute atomic E-state index is 13.3. The van der Waals surface area contributed by atoms with Gasteiger partial charge in [-0.05, 0) is 23.8 Å². The van der Waals surface area contributed by atoms with E-state index in [4.69, 9.17) is 16.2 Å². The van der Waals surface area contributed by atoms with Crippen LogP contribution in [0.3, 0.4) is 0 Å². The predicted octanol–water partition coefficient (Wildman–Crippen LogP) is 1.14. The Bertz CT molecular complexity index is 339. The van der Waals surface area contributed by atoms with Crippen molar-refractivity contribution < 1.29 is 21.6 Å². The summed E-state index contributed by atoms with van der Waals surface area (Å²) in [5.74, 6) is 0. The molecule has 0 saturated heterocycles. The lowest BCUT2D eigenvalue weighted by Crippen LogP contribution is -2.45. The number of allylic oxidation sites excluding steroid dienone is 2. The minimum absolute atomic E-state index is 0.646. The fourth-order valence-corrected chi connectivity index (χ4v) is 1.73. The zero-order valence-electron chi connectivity index (χ0n) is 5.76. The van der Waals surface area contributed by atoms with Crippen LogP contribution >= 0.6 is 11.6 Å². The third-order valence-electron chi connectivity index (χ3n) is 1.36. The molecular weight excluding hydrogens is 209 g/mol. The van der Waals surface area contributed by atoms with E-state index in [2.05, 4.69) is 0 Å². The molecule has 0 saturated carbocycles. The smallest absolute Gasteiger partial charge is 0.238 e. The molecule has 0 spiro atoms. The molecule has 12 heavy (non-hydrogen) atoms. The molecule has 1 aliphatic heterocycles. The van der Waals surface area contributed by atoms with Gasteiger partial charge in [-0.25, -0.2) is 4.55 Å². The highest BCUT2D eigenvalue weighted by molar-refractivity contribution is 7.80. The molecule has 0 bridgehead atoms. The van der Waals surface area contributed by atoms with Gasteiger partial charge in [-0.3, -0.25) is 0 Å². The molecule has 1 N–H and O–H groups in total. The van der Waals surface area contributed by atoms with E-state index in [0.717, 1.165) is 12.2 Å². The molecule has 4 nitrogen and oxygen atoms in total. The molecule has 0 aromatic heterocycles. The molecule has 0 fully saturated rings. The first-order valence-corrected chi connectivity index (χ1v) is 4.77. The molecule has 1 aliphatic rings. The quantitative estimate of drug-likeness (QED) is 0.308. The molecule has 1 rings (SSSR count). The molecule has 0 aliphatic carbocycles. The molecule has 0 amide bonds. The van der Waals surface area contributed by atoms with Gasteiger partial charge < -0.3 is 0 Å². The lowest BCUT2D eigenvalue weighted by Gasteiger charge is -2.21. The van der Waals surface area contributed by atoms with E-state index < -0.39 is 19.9 Å². The summed E-state index contributed by atoms with van der Waals surface area (Å²) >= 11 is 5.33. The van der Waals surface area contributed by atoms with E-state index in [9.17, 15) is 12.9 Å². The van der Waals surface area contributed by atoms with E-state index in [1.165, 1.54) is 6.08 Å². The number of nitrogens with zero attached hydrogens (tertiary/aromatic N) is 1. The topological polar surface area (TPSA) is 54.4 Å². The van der Waals surface area contributed by atoms with Gasteiger partial charge >= 0.3 is 10.3 Å². The second kappa shape index (κ2) is 2.81.